The van der Waals surface area contributed by atoms with Crippen LogP contribution in [0.3, 0.4) is 0 Å². The first kappa shape index (κ1) is 17.9. The zero-order chi connectivity index (χ0) is 17.8. The largest absolute Gasteiger partial charge is 0.369 e. The molecule has 2 amide bonds. The molecule has 1 saturated heterocycles. The fourth-order valence-electron chi connectivity index (χ4n) is 4.03. The van der Waals surface area contributed by atoms with Gasteiger partial charge in [0.15, 0.2) is 0 Å². The Morgan fingerprint density at radius 1 is 1.24 bits per heavy atom. The van der Waals surface area contributed by atoms with Crippen LogP contribution in [-0.4, -0.2) is 36.3 Å². The van der Waals surface area contributed by atoms with Crippen molar-refractivity contribution in [1.29, 1.82) is 0 Å². The number of hydrogen-bond acceptors (Lipinski definition) is 3. The normalized spacial score (nSPS) is 22.0. The summed E-state index contributed by atoms with van der Waals surface area (Å²) >= 11 is 0. The molecular formula is C20H29N3O2. The first-order chi connectivity index (χ1) is 12.0. The molecule has 0 unspecified atom stereocenters. The van der Waals surface area contributed by atoms with Gasteiger partial charge in [0.2, 0.25) is 11.8 Å². The van der Waals surface area contributed by atoms with Crippen LogP contribution in [0.1, 0.15) is 55.3 Å². The van der Waals surface area contributed by atoms with Crippen LogP contribution in [0.4, 0.5) is 0 Å². The Bertz CT molecular complexity index is 644. The Hall–Kier alpha value is -1.88. The Morgan fingerprint density at radius 2 is 2.00 bits per heavy atom. The Kier molecular flexibility index (Phi) is 5.74. The summed E-state index contributed by atoms with van der Waals surface area (Å²) in [6.45, 7) is 3.81. The smallest absolute Gasteiger partial charge is 0.234 e. The van der Waals surface area contributed by atoms with Gasteiger partial charge >= 0.3 is 0 Å². The molecule has 1 aromatic rings. The number of amides is 2. The minimum atomic E-state index is -0.257. The second-order valence-electron chi connectivity index (χ2n) is 7.50. The lowest BCUT2D eigenvalue weighted by atomic mass is 9.89. The molecule has 1 heterocycles. The molecule has 1 aliphatic carbocycles. The van der Waals surface area contributed by atoms with Crippen LogP contribution in [0.2, 0.25) is 0 Å². The lowest BCUT2D eigenvalue weighted by Crippen LogP contribution is -2.45. The second kappa shape index (κ2) is 8.00. The van der Waals surface area contributed by atoms with E-state index in [1.165, 1.54) is 36.0 Å². The molecule has 25 heavy (non-hydrogen) atoms. The number of nitrogens with one attached hydrogen (secondary N) is 1. The molecule has 3 rings (SSSR count). The highest BCUT2D eigenvalue weighted by Crippen LogP contribution is 2.24. The number of likely N-dealkylation sites (tertiary alicyclic amines) is 1. The van der Waals surface area contributed by atoms with Crippen LogP contribution in [0.5, 0.6) is 0 Å². The van der Waals surface area contributed by atoms with Crippen molar-refractivity contribution < 1.29 is 9.59 Å². The van der Waals surface area contributed by atoms with E-state index in [9.17, 15) is 9.59 Å². The van der Waals surface area contributed by atoms with Gasteiger partial charge in [0.25, 0.3) is 0 Å². The van der Waals surface area contributed by atoms with Crippen molar-refractivity contribution in [1.82, 2.24) is 10.2 Å². The number of carbonyl (C=O) groups is 2. The van der Waals surface area contributed by atoms with Crippen LogP contribution in [0, 0.1) is 5.92 Å². The number of primary amides is 1. The number of carbonyl (C=O) groups excluding carboxylic acids is 2. The Morgan fingerprint density at radius 3 is 2.76 bits per heavy atom. The molecule has 2 atom stereocenters. The molecule has 1 fully saturated rings. The first-order valence-corrected chi connectivity index (χ1v) is 9.45. The molecule has 0 saturated carbocycles. The molecule has 0 bridgehead atoms. The standard InChI is InChI=1S/C20H29N3O2/c1-14(16-9-8-15-5-2-3-6-17(15)11-16)22-19(24)13-23-10-4-7-18(12-23)20(21)25/h8-9,11,14,18H,2-7,10,12-13H2,1H3,(H2,21,25)(H,22,24)/t14-,18-/m0/s1. The molecule has 2 aliphatic rings. The topological polar surface area (TPSA) is 75.4 Å². The maximum atomic E-state index is 12.4. The highest BCUT2D eigenvalue weighted by Gasteiger charge is 2.25. The van der Waals surface area contributed by atoms with Gasteiger partial charge in [-0.25, -0.2) is 0 Å². The third kappa shape index (κ3) is 4.60. The van der Waals surface area contributed by atoms with E-state index in [0.29, 0.717) is 13.1 Å². The Labute approximate surface area is 150 Å². The van der Waals surface area contributed by atoms with E-state index in [0.717, 1.165) is 25.8 Å². The van der Waals surface area contributed by atoms with Crippen LogP contribution in [0.25, 0.3) is 0 Å². The number of piperidine rings is 1. The van der Waals surface area contributed by atoms with Gasteiger partial charge in [0.1, 0.15) is 0 Å². The number of hydrogen-bond donors (Lipinski definition) is 2. The lowest BCUT2D eigenvalue weighted by Gasteiger charge is -2.31. The number of aryl methyl sites for hydroxylation is 2. The maximum Gasteiger partial charge on any atom is 0.234 e. The molecule has 1 aromatic carbocycles. The average molecular weight is 343 g/mol. The van der Waals surface area contributed by atoms with Gasteiger partial charge in [-0.05, 0) is 68.7 Å². The van der Waals surface area contributed by atoms with Crippen molar-refractivity contribution in [3.05, 3.63) is 34.9 Å². The van der Waals surface area contributed by atoms with Gasteiger partial charge in [0, 0.05) is 6.54 Å². The predicted molar refractivity (Wildman–Crippen MR) is 98.0 cm³/mol. The molecule has 0 aromatic heterocycles. The van der Waals surface area contributed by atoms with Gasteiger partial charge in [-0.1, -0.05) is 18.2 Å². The van der Waals surface area contributed by atoms with Crippen molar-refractivity contribution in [2.24, 2.45) is 11.7 Å². The van der Waals surface area contributed by atoms with E-state index in [2.05, 4.69) is 23.5 Å². The highest BCUT2D eigenvalue weighted by atomic mass is 16.2. The number of benzene rings is 1. The number of fused-ring (bicyclic) bond motifs is 1. The van der Waals surface area contributed by atoms with E-state index in [1.807, 2.05) is 11.8 Å². The van der Waals surface area contributed by atoms with Gasteiger partial charge in [0.05, 0.1) is 18.5 Å². The van der Waals surface area contributed by atoms with Crippen molar-refractivity contribution in [2.75, 3.05) is 19.6 Å². The third-order valence-corrected chi connectivity index (χ3v) is 5.53. The summed E-state index contributed by atoms with van der Waals surface area (Å²) in [6, 6.07) is 6.60. The minimum Gasteiger partial charge on any atom is -0.369 e. The molecule has 3 N–H and O–H groups in total. The minimum absolute atomic E-state index is 0.00328. The van der Waals surface area contributed by atoms with E-state index in [1.54, 1.807) is 0 Å². The summed E-state index contributed by atoms with van der Waals surface area (Å²) in [5, 5.41) is 3.10. The zero-order valence-electron chi connectivity index (χ0n) is 15.1. The molecule has 5 heteroatoms. The predicted octanol–water partition coefficient (Wildman–Crippen LogP) is 1.94. The lowest BCUT2D eigenvalue weighted by molar-refractivity contribution is -0.127. The van der Waals surface area contributed by atoms with Crippen LogP contribution in [0.15, 0.2) is 18.2 Å². The third-order valence-electron chi connectivity index (χ3n) is 5.53. The molecule has 1 aliphatic heterocycles. The van der Waals surface area contributed by atoms with E-state index >= 15 is 0 Å². The fraction of sp³-hybridized carbons (Fsp3) is 0.600. The quantitative estimate of drug-likeness (QED) is 0.858. The monoisotopic (exact) mass is 343 g/mol. The average Bonchev–Trinajstić information content (AvgIpc) is 2.61. The summed E-state index contributed by atoms with van der Waals surface area (Å²) in [5.41, 5.74) is 9.47. The summed E-state index contributed by atoms with van der Waals surface area (Å²) in [6.07, 6.45) is 6.60. The second-order valence-corrected chi connectivity index (χ2v) is 7.50. The van der Waals surface area contributed by atoms with Gasteiger partial charge in [-0.2, -0.15) is 0 Å². The number of rotatable bonds is 5. The summed E-state index contributed by atoms with van der Waals surface area (Å²) in [4.78, 5) is 25.8. The van der Waals surface area contributed by atoms with Crippen LogP contribution in [-0.2, 0) is 22.4 Å². The zero-order valence-corrected chi connectivity index (χ0v) is 15.1. The molecule has 0 spiro atoms. The fourth-order valence-corrected chi connectivity index (χ4v) is 4.03. The van der Waals surface area contributed by atoms with E-state index in [4.69, 9.17) is 5.73 Å². The molecule has 5 nitrogen and oxygen atoms in total. The van der Waals surface area contributed by atoms with Gasteiger partial charge < -0.3 is 11.1 Å². The summed E-state index contributed by atoms with van der Waals surface area (Å²) in [7, 11) is 0. The van der Waals surface area contributed by atoms with Crippen molar-refractivity contribution in [3.63, 3.8) is 0 Å². The van der Waals surface area contributed by atoms with Crippen molar-refractivity contribution in [2.45, 2.75) is 51.5 Å². The van der Waals surface area contributed by atoms with Crippen molar-refractivity contribution >= 4 is 11.8 Å². The summed E-state index contributed by atoms with van der Waals surface area (Å²) in [5.74, 6) is -0.373. The van der Waals surface area contributed by atoms with E-state index < -0.39 is 0 Å². The highest BCUT2D eigenvalue weighted by molar-refractivity contribution is 5.79. The SMILES string of the molecule is C[C@H](NC(=O)CN1CCC[C@H](C(N)=O)C1)c1ccc2c(c1)CCCC2. The number of nitrogens with zero attached hydrogens (tertiary/aromatic N) is 1. The maximum absolute atomic E-state index is 12.4. The number of nitrogens with two attached hydrogens (primary N) is 1. The van der Waals surface area contributed by atoms with E-state index in [-0.39, 0.29) is 23.8 Å². The van der Waals surface area contributed by atoms with Gasteiger partial charge in [-0.15, -0.1) is 0 Å². The molecule has 136 valence electrons. The van der Waals surface area contributed by atoms with Crippen LogP contribution >= 0.6 is 0 Å². The first-order valence-electron chi connectivity index (χ1n) is 9.45. The van der Waals surface area contributed by atoms with Gasteiger partial charge in [-0.3, -0.25) is 14.5 Å². The molecular weight excluding hydrogens is 314 g/mol. The molecule has 0 radical (unpaired) electrons. The van der Waals surface area contributed by atoms with Crippen LogP contribution < -0.4 is 11.1 Å². The Balaban J connectivity index is 1.54. The summed E-state index contributed by atoms with van der Waals surface area (Å²) < 4.78 is 0. The van der Waals surface area contributed by atoms with Crippen molar-refractivity contribution in [3.8, 4) is 0 Å².